The lowest BCUT2D eigenvalue weighted by Crippen LogP contribution is -2.07. The molecule has 3 aromatic carbocycles. The summed E-state index contributed by atoms with van der Waals surface area (Å²) in [7, 11) is 0. The quantitative estimate of drug-likeness (QED) is 0.374. The van der Waals surface area contributed by atoms with E-state index in [1.54, 1.807) is 0 Å². The first-order valence-corrected chi connectivity index (χ1v) is 9.56. The van der Waals surface area contributed by atoms with Crippen molar-refractivity contribution in [1.82, 2.24) is 4.40 Å². The minimum absolute atomic E-state index is 0.0181. The molecule has 0 N–H and O–H groups in total. The molecule has 0 saturated heterocycles. The highest BCUT2D eigenvalue weighted by atomic mass is 16.1. The molecular formula is C26H15NO2. The Morgan fingerprint density at radius 3 is 2.14 bits per heavy atom. The molecule has 1 aliphatic carbocycles. The van der Waals surface area contributed by atoms with E-state index >= 15 is 0 Å². The van der Waals surface area contributed by atoms with E-state index in [-0.39, 0.29) is 11.6 Å². The zero-order valence-corrected chi connectivity index (χ0v) is 15.4. The molecule has 6 rings (SSSR count). The summed E-state index contributed by atoms with van der Waals surface area (Å²) >= 11 is 0. The first-order chi connectivity index (χ1) is 14.3. The Kier molecular flexibility index (Phi) is 3.18. The van der Waals surface area contributed by atoms with Gasteiger partial charge >= 0.3 is 0 Å². The van der Waals surface area contributed by atoms with Crippen molar-refractivity contribution in [2.45, 2.75) is 0 Å². The second-order valence-corrected chi connectivity index (χ2v) is 7.28. The molecule has 29 heavy (non-hydrogen) atoms. The number of ketones is 2. The van der Waals surface area contributed by atoms with Crippen molar-refractivity contribution < 1.29 is 9.59 Å². The van der Waals surface area contributed by atoms with Crippen LogP contribution in [0.3, 0.4) is 0 Å². The van der Waals surface area contributed by atoms with Crippen LogP contribution in [-0.2, 0) is 0 Å². The van der Waals surface area contributed by atoms with Gasteiger partial charge in [-0.15, -0.1) is 0 Å². The molecule has 0 spiro atoms. The minimum Gasteiger partial charge on any atom is -0.305 e. The van der Waals surface area contributed by atoms with Crippen LogP contribution in [0.25, 0.3) is 27.5 Å². The predicted molar refractivity (Wildman–Crippen MR) is 114 cm³/mol. The molecule has 3 heteroatoms. The van der Waals surface area contributed by atoms with Gasteiger partial charge in [-0.25, -0.2) is 0 Å². The normalized spacial score (nSPS) is 12.3. The summed E-state index contributed by atoms with van der Waals surface area (Å²) in [6.07, 6.45) is 0. The molecule has 5 aromatic rings. The summed E-state index contributed by atoms with van der Waals surface area (Å²) in [5, 5.41) is 1.02. The molecule has 0 aliphatic heterocycles. The largest absolute Gasteiger partial charge is 0.305 e. The maximum atomic E-state index is 13.7. The predicted octanol–water partition coefficient (Wildman–Crippen LogP) is 5.53. The van der Waals surface area contributed by atoms with Gasteiger partial charge in [-0.1, -0.05) is 78.9 Å². The summed E-state index contributed by atoms with van der Waals surface area (Å²) in [6.45, 7) is 0. The van der Waals surface area contributed by atoms with Crippen molar-refractivity contribution in [2.75, 3.05) is 0 Å². The average Bonchev–Trinajstić information content (AvgIpc) is 3.28. The summed E-state index contributed by atoms with van der Waals surface area (Å²) in [5.74, 6) is -0.0989. The molecule has 0 fully saturated rings. The van der Waals surface area contributed by atoms with Gasteiger partial charge in [0.25, 0.3) is 0 Å². The standard InChI is InChI=1S/C26H15NO2/c28-25(17-9-2-1-3-10-17)24-22-18-11-5-6-12-19(18)26(29)23(22)21-15-14-16-8-4-7-13-20(16)27(21)24/h1-15H. The molecular weight excluding hydrogens is 358 g/mol. The van der Waals surface area contributed by atoms with E-state index in [0.29, 0.717) is 22.4 Å². The lowest BCUT2D eigenvalue weighted by molar-refractivity contribution is 0.103. The highest BCUT2D eigenvalue weighted by Gasteiger charge is 2.36. The summed E-state index contributed by atoms with van der Waals surface area (Å²) in [5.41, 5.74) is 5.72. The van der Waals surface area contributed by atoms with E-state index < -0.39 is 0 Å². The van der Waals surface area contributed by atoms with Gasteiger partial charge in [0.15, 0.2) is 5.78 Å². The summed E-state index contributed by atoms with van der Waals surface area (Å²) in [4.78, 5) is 27.0. The topological polar surface area (TPSA) is 38.5 Å². The fraction of sp³-hybridized carbons (Fsp3) is 0. The Labute approximate surface area is 166 Å². The van der Waals surface area contributed by atoms with Crippen molar-refractivity contribution in [3.05, 3.63) is 113 Å². The third-order valence-corrected chi connectivity index (χ3v) is 5.73. The maximum Gasteiger partial charge on any atom is 0.210 e. The number of hydrogen-bond donors (Lipinski definition) is 0. The van der Waals surface area contributed by atoms with Crippen molar-refractivity contribution in [3.63, 3.8) is 0 Å². The van der Waals surface area contributed by atoms with E-state index in [0.717, 1.165) is 27.5 Å². The molecule has 0 bridgehead atoms. The first kappa shape index (κ1) is 16.0. The third kappa shape index (κ3) is 2.07. The molecule has 2 aromatic heterocycles. The molecule has 0 atom stereocenters. The minimum atomic E-state index is -0.0808. The second-order valence-electron chi connectivity index (χ2n) is 7.28. The zero-order chi connectivity index (χ0) is 19.5. The van der Waals surface area contributed by atoms with Gasteiger partial charge in [0, 0.05) is 16.7 Å². The van der Waals surface area contributed by atoms with Crippen LogP contribution in [-0.4, -0.2) is 16.0 Å². The number of carbonyl (C=O) groups is 2. The molecule has 3 nitrogen and oxygen atoms in total. The van der Waals surface area contributed by atoms with Gasteiger partial charge in [-0.05, 0) is 23.1 Å². The Bertz CT molecular complexity index is 1480. The Morgan fingerprint density at radius 2 is 1.31 bits per heavy atom. The van der Waals surface area contributed by atoms with Gasteiger partial charge in [0.1, 0.15) is 5.69 Å². The van der Waals surface area contributed by atoms with Gasteiger partial charge in [-0.3, -0.25) is 9.59 Å². The number of pyridine rings is 1. The molecule has 0 amide bonds. The highest BCUT2D eigenvalue weighted by Crippen LogP contribution is 2.44. The average molecular weight is 373 g/mol. The van der Waals surface area contributed by atoms with Crippen LogP contribution in [0.1, 0.15) is 32.0 Å². The van der Waals surface area contributed by atoms with E-state index in [1.165, 1.54) is 0 Å². The van der Waals surface area contributed by atoms with Gasteiger partial charge < -0.3 is 4.40 Å². The SMILES string of the molecule is O=C1c2ccccc2-c2c1c1ccc3ccccc3n1c2C(=O)c1ccccc1. The van der Waals surface area contributed by atoms with Gasteiger partial charge in [0.05, 0.1) is 16.6 Å². The van der Waals surface area contributed by atoms with Crippen LogP contribution in [0.5, 0.6) is 0 Å². The van der Waals surface area contributed by atoms with Gasteiger partial charge in [-0.2, -0.15) is 0 Å². The van der Waals surface area contributed by atoms with Crippen LogP contribution in [0, 0.1) is 0 Å². The van der Waals surface area contributed by atoms with Crippen LogP contribution >= 0.6 is 0 Å². The van der Waals surface area contributed by atoms with E-state index in [4.69, 9.17) is 0 Å². The summed E-state index contributed by atoms with van der Waals surface area (Å²) < 4.78 is 1.96. The van der Waals surface area contributed by atoms with Crippen molar-refractivity contribution in [2.24, 2.45) is 0 Å². The number of carbonyl (C=O) groups excluding carboxylic acids is 2. The Hall–Kier alpha value is -3.98. The fourth-order valence-electron chi connectivity index (χ4n) is 4.47. The van der Waals surface area contributed by atoms with Crippen molar-refractivity contribution >= 4 is 28.0 Å². The number of fused-ring (bicyclic) bond motifs is 7. The van der Waals surface area contributed by atoms with Crippen molar-refractivity contribution in [3.8, 4) is 11.1 Å². The fourth-order valence-corrected chi connectivity index (χ4v) is 4.47. The number of benzene rings is 3. The summed E-state index contributed by atoms with van der Waals surface area (Å²) in [6, 6.07) is 28.7. The van der Waals surface area contributed by atoms with Crippen LogP contribution in [0.4, 0.5) is 0 Å². The zero-order valence-electron chi connectivity index (χ0n) is 15.4. The van der Waals surface area contributed by atoms with Crippen LogP contribution in [0.2, 0.25) is 0 Å². The number of para-hydroxylation sites is 1. The number of nitrogens with zero attached hydrogens (tertiary/aromatic N) is 1. The highest BCUT2D eigenvalue weighted by molar-refractivity contribution is 6.30. The number of hydrogen-bond acceptors (Lipinski definition) is 2. The monoisotopic (exact) mass is 373 g/mol. The van der Waals surface area contributed by atoms with Crippen LogP contribution < -0.4 is 0 Å². The Balaban J connectivity index is 1.82. The smallest absolute Gasteiger partial charge is 0.210 e. The van der Waals surface area contributed by atoms with Gasteiger partial charge in [0.2, 0.25) is 5.78 Å². The van der Waals surface area contributed by atoms with E-state index in [1.807, 2.05) is 95.4 Å². The lowest BCUT2D eigenvalue weighted by atomic mass is 10.0. The molecule has 2 heterocycles. The number of rotatable bonds is 2. The molecule has 0 saturated carbocycles. The Morgan fingerprint density at radius 1 is 0.621 bits per heavy atom. The lowest BCUT2D eigenvalue weighted by Gasteiger charge is -2.10. The molecule has 136 valence electrons. The molecule has 0 radical (unpaired) electrons. The second kappa shape index (κ2) is 5.76. The molecule has 0 unspecified atom stereocenters. The van der Waals surface area contributed by atoms with Crippen molar-refractivity contribution in [1.29, 1.82) is 0 Å². The first-order valence-electron chi connectivity index (χ1n) is 9.56. The number of aromatic nitrogens is 1. The molecule has 1 aliphatic rings. The van der Waals surface area contributed by atoms with Crippen LogP contribution in [0.15, 0.2) is 91.0 Å². The van der Waals surface area contributed by atoms with E-state index in [2.05, 4.69) is 0 Å². The maximum absolute atomic E-state index is 13.7. The third-order valence-electron chi connectivity index (χ3n) is 5.73. The van der Waals surface area contributed by atoms with E-state index in [9.17, 15) is 9.59 Å².